The van der Waals surface area contributed by atoms with E-state index in [4.69, 9.17) is 0 Å². The van der Waals surface area contributed by atoms with Crippen molar-refractivity contribution in [2.45, 2.75) is 70.6 Å². The zero-order valence-corrected chi connectivity index (χ0v) is 10.1. The predicted octanol–water partition coefficient (Wildman–Crippen LogP) is 2.41. The number of aliphatic hydroxyl groups excluding tert-OH is 1. The highest BCUT2D eigenvalue weighted by Crippen LogP contribution is 2.28. The summed E-state index contributed by atoms with van der Waals surface area (Å²) in [5.74, 6) is 0. The largest absolute Gasteiger partial charge is 0.391 e. The lowest BCUT2D eigenvalue weighted by Gasteiger charge is -2.44. The average Bonchev–Trinajstić information content (AvgIpc) is 2.17. The maximum absolute atomic E-state index is 9.96. The zero-order valence-electron chi connectivity index (χ0n) is 10.1. The molecule has 0 aromatic carbocycles. The second-order valence-electron chi connectivity index (χ2n) is 5.20. The van der Waals surface area contributed by atoms with Gasteiger partial charge in [-0.05, 0) is 40.2 Å². The molecular formula is C12H25NO. The van der Waals surface area contributed by atoms with Gasteiger partial charge < -0.3 is 5.11 Å². The molecule has 1 saturated carbocycles. The fraction of sp³-hybridized carbons (Fsp3) is 1.00. The van der Waals surface area contributed by atoms with E-state index in [1.165, 1.54) is 12.8 Å². The Labute approximate surface area is 88.3 Å². The monoisotopic (exact) mass is 199 g/mol. The van der Waals surface area contributed by atoms with Crippen LogP contribution < -0.4 is 0 Å². The molecule has 0 spiro atoms. The molecule has 1 N–H and O–H groups in total. The van der Waals surface area contributed by atoms with Crippen LogP contribution >= 0.6 is 0 Å². The molecule has 0 radical (unpaired) electrons. The van der Waals surface area contributed by atoms with Crippen LogP contribution in [0.15, 0.2) is 0 Å². The molecule has 14 heavy (non-hydrogen) atoms. The number of rotatable bonds is 3. The maximum Gasteiger partial charge on any atom is 0.0695 e. The Balaban J connectivity index is 2.62. The first-order valence-corrected chi connectivity index (χ1v) is 5.90. The van der Waals surface area contributed by atoms with Crippen LogP contribution in [-0.2, 0) is 0 Å². The number of nitrogens with zero attached hydrogens (tertiary/aromatic N) is 1. The highest BCUT2D eigenvalue weighted by atomic mass is 16.3. The summed E-state index contributed by atoms with van der Waals surface area (Å²) in [4.78, 5) is 2.37. The van der Waals surface area contributed by atoms with Gasteiger partial charge in [0, 0.05) is 11.6 Å². The Hall–Kier alpha value is -0.0800. The summed E-state index contributed by atoms with van der Waals surface area (Å²) in [6, 6.07) is 0.374. The average molecular weight is 199 g/mol. The SMILES string of the molecule is CCC(C)(C)N(C)C1CCCCC1O. The van der Waals surface area contributed by atoms with Crippen molar-refractivity contribution in [2.24, 2.45) is 0 Å². The first-order valence-electron chi connectivity index (χ1n) is 5.90. The number of hydrogen-bond donors (Lipinski definition) is 1. The van der Waals surface area contributed by atoms with E-state index in [1.807, 2.05) is 0 Å². The molecule has 0 heterocycles. The molecule has 0 saturated heterocycles. The standard InChI is InChI=1S/C12H25NO/c1-5-12(2,3)13(4)10-8-6-7-9-11(10)14/h10-11,14H,5-9H2,1-4H3. The van der Waals surface area contributed by atoms with Gasteiger partial charge in [-0.25, -0.2) is 0 Å². The fourth-order valence-electron chi connectivity index (χ4n) is 2.24. The van der Waals surface area contributed by atoms with Gasteiger partial charge in [0.2, 0.25) is 0 Å². The Morgan fingerprint density at radius 1 is 1.29 bits per heavy atom. The summed E-state index contributed by atoms with van der Waals surface area (Å²) in [6.45, 7) is 6.73. The molecule has 1 aliphatic carbocycles. The van der Waals surface area contributed by atoms with Crippen molar-refractivity contribution in [3.05, 3.63) is 0 Å². The maximum atomic E-state index is 9.96. The van der Waals surface area contributed by atoms with Gasteiger partial charge in [-0.2, -0.15) is 0 Å². The van der Waals surface area contributed by atoms with E-state index < -0.39 is 0 Å². The molecule has 2 heteroatoms. The van der Waals surface area contributed by atoms with Crippen molar-refractivity contribution in [3.8, 4) is 0 Å². The van der Waals surface area contributed by atoms with E-state index in [2.05, 4.69) is 32.7 Å². The highest BCUT2D eigenvalue weighted by Gasteiger charge is 2.33. The molecule has 0 bridgehead atoms. The number of aliphatic hydroxyl groups is 1. The summed E-state index contributed by atoms with van der Waals surface area (Å²) in [7, 11) is 2.16. The Morgan fingerprint density at radius 3 is 2.36 bits per heavy atom. The van der Waals surface area contributed by atoms with Gasteiger partial charge >= 0.3 is 0 Å². The minimum absolute atomic E-state index is 0.112. The molecule has 1 fully saturated rings. The van der Waals surface area contributed by atoms with Crippen molar-refractivity contribution in [1.82, 2.24) is 4.90 Å². The molecule has 1 rings (SSSR count). The second kappa shape index (κ2) is 4.63. The van der Waals surface area contributed by atoms with Gasteiger partial charge in [-0.3, -0.25) is 4.90 Å². The highest BCUT2D eigenvalue weighted by molar-refractivity contribution is 4.89. The third kappa shape index (κ3) is 2.48. The van der Waals surface area contributed by atoms with E-state index >= 15 is 0 Å². The van der Waals surface area contributed by atoms with Crippen molar-refractivity contribution in [2.75, 3.05) is 7.05 Å². The molecule has 2 unspecified atom stereocenters. The van der Waals surface area contributed by atoms with Crippen LogP contribution in [-0.4, -0.2) is 34.7 Å². The van der Waals surface area contributed by atoms with Crippen molar-refractivity contribution in [1.29, 1.82) is 0 Å². The smallest absolute Gasteiger partial charge is 0.0695 e. The molecule has 0 aromatic heterocycles. The van der Waals surface area contributed by atoms with E-state index in [1.54, 1.807) is 0 Å². The molecule has 84 valence electrons. The topological polar surface area (TPSA) is 23.5 Å². The van der Waals surface area contributed by atoms with E-state index in [9.17, 15) is 5.11 Å². The van der Waals surface area contributed by atoms with Crippen molar-refractivity contribution >= 4 is 0 Å². The Morgan fingerprint density at radius 2 is 1.86 bits per heavy atom. The van der Waals surface area contributed by atoms with Crippen molar-refractivity contribution in [3.63, 3.8) is 0 Å². The van der Waals surface area contributed by atoms with Crippen LogP contribution in [0.3, 0.4) is 0 Å². The minimum Gasteiger partial charge on any atom is -0.391 e. The van der Waals surface area contributed by atoms with Crippen LogP contribution in [0, 0.1) is 0 Å². The molecule has 2 atom stereocenters. The van der Waals surface area contributed by atoms with Crippen LogP contribution in [0.4, 0.5) is 0 Å². The van der Waals surface area contributed by atoms with E-state index in [-0.39, 0.29) is 11.6 Å². The van der Waals surface area contributed by atoms with Gasteiger partial charge in [0.1, 0.15) is 0 Å². The van der Waals surface area contributed by atoms with Crippen molar-refractivity contribution < 1.29 is 5.11 Å². The molecular weight excluding hydrogens is 174 g/mol. The summed E-state index contributed by atoms with van der Waals surface area (Å²) in [5, 5.41) is 9.96. The summed E-state index contributed by atoms with van der Waals surface area (Å²) in [5.41, 5.74) is 0.211. The minimum atomic E-state index is -0.112. The van der Waals surface area contributed by atoms with Gasteiger partial charge in [-0.15, -0.1) is 0 Å². The summed E-state index contributed by atoms with van der Waals surface area (Å²) < 4.78 is 0. The first kappa shape index (κ1) is 12.0. The van der Waals surface area contributed by atoms with Crippen LogP contribution in [0.5, 0.6) is 0 Å². The normalized spacial score (nSPS) is 29.6. The number of likely N-dealkylation sites (N-methyl/N-ethyl adjacent to an activating group) is 1. The van der Waals surface area contributed by atoms with Crippen LogP contribution in [0.1, 0.15) is 52.9 Å². The van der Waals surface area contributed by atoms with E-state index in [0.717, 1.165) is 19.3 Å². The number of hydrogen-bond acceptors (Lipinski definition) is 2. The predicted molar refractivity (Wildman–Crippen MR) is 60.4 cm³/mol. The third-order valence-corrected chi connectivity index (χ3v) is 4.01. The Bertz CT molecular complexity index is 179. The Kier molecular flexibility index (Phi) is 3.96. The second-order valence-corrected chi connectivity index (χ2v) is 5.20. The van der Waals surface area contributed by atoms with Gasteiger partial charge in [0.25, 0.3) is 0 Å². The van der Waals surface area contributed by atoms with Crippen LogP contribution in [0.25, 0.3) is 0 Å². The molecule has 0 amide bonds. The molecule has 2 nitrogen and oxygen atoms in total. The quantitative estimate of drug-likeness (QED) is 0.754. The zero-order chi connectivity index (χ0) is 10.8. The fourth-order valence-corrected chi connectivity index (χ4v) is 2.24. The first-order chi connectivity index (χ1) is 6.49. The van der Waals surface area contributed by atoms with Gasteiger partial charge in [0.05, 0.1) is 6.10 Å². The summed E-state index contributed by atoms with van der Waals surface area (Å²) >= 11 is 0. The lowest BCUT2D eigenvalue weighted by Crippen LogP contribution is -2.52. The summed E-state index contributed by atoms with van der Waals surface area (Å²) in [6.07, 6.45) is 5.62. The molecule has 0 aromatic rings. The lowest BCUT2D eigenvalue weighted by molar-refractivity contribution is -0.0138. The van der Waals surface area contributed by atoms with Crippen LogP contribution in [0.2, 0.25) is 0 Å². The molecule has 0 aliphatic heterocycles. The van der Waals surface area contributed by atoms with Gasteiger partial charge in [-0.1, -0.05) is 19.8 Å². The molecule has 1 aliphatic rings. The third-order valence-electron chi connectivity index (χ3n) is 4.01. The van der Waals surface area contributed by atoms with E-state index in [0.29, 0.717) is 6.04 Å². The lowest BCUT2D eigenvalue weighted by atomic mass is 9.87. The van der Waals surface area contributed by atoms with Gasteiger partial charge in [0.15, 0.2) is 0 Å².